The fraction of sp³-hybridized carbons (Fsp3) is 0.250. The van der Waals surface area contributed by atoms with Gasteiger partial charge in [-0.2, -0.15) is 0 Å². The first-order chi connectivity index (χ1) is 10.7. The topological polar surface area (TPSA) is 86.5 Å². The third-order valence-corrected chi connectivity index (χ3v) is 2.88. The van der Waals surface area contributed by atoms with Crippen molar-refractivity contribution in [2.75, 3.05) is 31.4 Å². The Morgan fingerprint density at radius 1 is 1.18 bits per heavy atom. The number of carbonyl (C=O) groups excluding carboxylic acids is 1. The van der Waals surface area contributed by atoms with Crippen LogP contribution in [0.1, 0.15) is 5.69 Å². The Kier molecular flexibility index (Phi) is 5.73. The highest BCUT2D eigenvalue weighted by Crippen LogP contribution is 2.16. The standard InChI is InChI=1S/C16H19N3O3/c1-21-8-9-22-15-6-4-13(5-7-15)19-16(20)10-14-3-2-12(17)11-18-14/h2-7,11H,8-10,17H2,1H3,(H,19,20). The maximum atomic E-state index is 11.9. The minimum atomic E-state index is -0.134. The highest BCUT2D eigenvalue weighted by Gasteiger charge is 2.05. The average molecular weight is 301 g/mol. The summed E-state index contributed by atoms with van der Waals surface area (Å²) in [6, 6.07) is 10.6. The van der Waals surface area contributed by atoms with Crippen LogP contribution in [0.5, 0.6) is 5.75 Å². The summed E-state index contributed by atoms with van der Waals surface area (Å²) in [7, 11) is 1.62. The Morgan fingerprint density at radius 2 is 1.95 bits per heavy atom. The predicted octanol–water partition coefficient (Wildman–Crippen LogP) is 1.87. The Hall–Kier alpha value is -2.60. The van der Waals surface area contributed by atoms with Crippen LogP contribution in [0, 0.1) is 0 Å². The summed E-state index contributed by atoms with van der Waals surface area (Å²) in [5, 5.41) is 2.81. The van der Waals surface area contributed by atoms with Gasteiger partial charge in [-0.05, 0) is 36.4 Å². The molecule has 2 aromatic rings. The van der Waals surface area contributed by atoms with Crippen molar-refractivity contribution in [1.29, 1.82) is 0 Å². The van der Waals surface area contributed by atoms with Gasteiger partial charge in [0.15, 0.2) is 0 Å². The summed E-state index contributed by atoms with van der Waals surface area (Å²) in [5.74, 6) is 0.598. The number of carbonyl (C=O) groups is 1. The number of nitrogens with one attached hydrogen (secondary N) is 1. The quantitative estimate of drug-likeness (QED) is 0.762. The molecule has 1 amide bonds. The van der Waals surface area contributed by atoms with E-state index in [9.17, 15) is 4.79 Å². The SMILES string of the molecule is COCCOc1ccc(NC(=O)Cc2ccc(N)cn2)cc1. The highest BCUT2D eigenvalue weighted by atomic mass is 16.5. The molecular weight excluding hydrogens is 282 g/mol. The molecule has 0 aliphatic carbocycles. The molecule has 0 saturated heterocycles. The van der Waals surface area contributed by atoms with Gasteiger partial charge in [0.1, 0.15) is 12.4 Å². The molecule has 2 rings (SSSR count). The van der Waals surface area contributed by atoms with Gasteiger partial charge in [-0.3, -0.25) is 9.78 Å². The van der Waals surface area contributed by atoms with Crippen LogP contribution in [-0.2, 0) is 16.0 Å². The molecule has 0 atom stereocenters. The largest absolute Gasteiger partial charge is 0.491 e. The zero-order chi connectivity index (χ0) is 15.8. The zero-order valence-corrected chi connectivity index (χ0v) is 12.4. The van der Waals surface area contributed by atoms with Gasteiger partial charge >= 0.3 is 0 Å². The number of nitrogen functional groups attached to an aromatic ring is 1. The molecule has 6 nitrogen and oxygen atoms in total. The second kappa shape index (κ2) is 7.99. The number of amides is 1. The second-order valence-corrected chi connectivity index (χ2v) is 4.67. The molecule has 6 heteroatoms. The van der Waals surface area contributed by atoms with Crippen molar-refractivity contribution in [3.63, 3.8) is 0 Å². The number of aromatic nitrogens is 1. The van der Waals surface area contributed by atoms with Crippen LogP contribution in [0.15, 0.2) is 42.6 Å². The first kappa shape index (κ1) is 15.8. The summed E-state index contributed by atoms with van der Waals surface area (Å²) in [5.41, 5.74) is 7.51. The van der Waals surface area contributed by atoms with E-state index in [0.29, 0.717) is 30.3 Å². The van der Waals surface area contributed by atoms with Crippen LogP contribution in [0.2, 0.25) is 0 Å². The molecule has 0 aliphatic heterocycles. The molecule has 0 unspecified atom stereocenters. The summed E-state index contributed by atoms with van der Waals surface area (Å²) in [6.45, 7) is 1.03. The third kappa shape index (κ3) is 5.06. The Bertz CT molecular complexity index is 597. The highest BCUT2D eigenvalue weighted by molar-refractivity contribution is 5.92. The molecule has 0 fully saturated rings. The van der Waals surface area contributed by atoms with Gasteiger partial charge in [0.25, 0.3) is 0 Å². The van der Waals surface area contributed by atoms with Gasteiger partial charge in [-0.15, -0.1) is 0 Å². The van der Waals surface area contributed by atoms with Crippen molar-refractivity contribution in [2.24, 2.45) is 0 Å². The van der Waals surface area contributed by atoms with E-state index < -0.39 is 0 Å². The third-order valence-electron chi connectivity index (χ3n) is 2.88. The van der Waals surface area contributed by atoms with Crippen molar-refractivity contribution in [1.82, 2.24) is 4.98 Å². The van der Waals surface area contributed by atoms with Gasteiger partial charge in [0.2, 0.25) is 5.91 Å². The summed E-state index contributed by atoms with van der Waals surface area (Å²) in [4.78, 5) is 16.0. The number of rotatable bonds is 7. The Labute approximate surface area is 129 Å². The number of ether oxygens (including phenoxy) is 2. The summed E-state index contributed by atoms with van der Waals surface area (Å²) in [6.07, 6.45) is 1.74. The van der Waals surface area contributed by atoms with Crippen LogP contribution in [0.25, 0.3) is 0 Å². The van der Waals surface area contributed by atoms with E-state index in [4.69, 9.17) is 15.2 Å². The van der Waals surface area contributed by atoms with E-state index in [0.717, 1.165) is 5.75 Å². The molecule has 0 spiro atoms. The van der Waals surface area contributed by atoms with Crippen LogP contribution in [0.4, 0.5) is 11.4 Å². The van der Waals surface area contributed by atoms with Gasteiger partial charge in [0, 0.05) is 18.5 Å². The van der Waals surface area contributed by atoms with Gasteiger partial charge < -0.3 is 20.5 Å². The van der Waals surface area contributed by atoms with Crippen molar-refractivity contribution in [2.45, 2.75) is 6.42 Å². The minimum absolute atomic E-state index is 0.134. The number of benzene rings is 1. The minimum Gasteiger partial charge on any atom is -0.491 e. The van der Waals surface area contributed by atoms with Gasteiger partial charge in [-0.1, -0.05) is 0 Å². The van der Waals surface area contributed by atoms with E-state index >= 15 is 0 Å². The Balaban J connectivity index is 1.84. The summed E-state index contributed by atoms with van der Waals surface area (Å²) < 4.78 is 10.4. The maximum Gasteiger partial charge on any atom is 0.230 e. The first-order valence-corrected chi connectivity index (χ1v) is 6.89. The molecule has 0 bridgehead atoms. The van der Waals surface area contributed by atoms with E-state index in [-0.39, 0.29) is 12.3 Å². The van der Waals surface area contributed by atoms with Gasteiger partial charge in [0.05, 0.1) is 24.9 Å². The normalized spacial score (nSPS) is 10.2. The van der Waals surface area contributed by atoms with Crippen LogP contribution in [0.3, 0.4) is 0 Å². The molecule has 3 N–H and O–H groups in total. The van der Waals surface area contributed by atoms with Crippen LogP contribution >= 0.6 is 0 Å². The predicted molar refractivity (Wildman–Crippen MR) is 84.8 cm³/mol. The smallest absolute Gasteiger partial charge is 0.230 e. The molecule has 116 valence electrons. The van der Waals surface area contributed by atoms with Crippen LogP contribution < -0.4 is 15.8 Å². The number of pyridine rings is 1. The van der Waals surface area contributed by atoms with Crippen LogP contribution in [-0.4, -0.2) is 31.2 Å². The average Bonchev–Trinajstić information content (AvgIpc) is 2.51. The first-order valence-electron chi connectivity index (χ1n) is 6.89. The van der Waals surface area contributed by atoms with Crippen molar-refractivity contribution in [3.05, 3.63) is 48.3 Å². The number of methoxy groups -OCH3 is 1. The van der Waals surface area contributed by atoms with E-state index in [2.05, 4.69) is 10.3 Å². The molecule has 22 heavy (non-hydrogen) atoms. The number of hydrogen-bond donors (Lipinski definition) is 2. The fourth-order valence-electron chi connectivity index (χ4n) is 1.79. The molecular formula is C16H19N3O3. The van der Waals surface area contributed by atoms with Crippen molar-refractivity contribution in [3.8, 4) is 5.75 Å². The summed E-state index contributed by atoms with van der Waals surface area (Å²) >= 11 is 0. The molecule has 1 heterocycles. The number of nitrogens with two attached hydrogens (primary N) is 1. The molecule has 1 aromatic heterocycles. The zero-order valence-electron chi connectivity index (χ0n) is 12.4. The lowest BCUT2D eigenvalue weighted by atomic mass is 10.2. The van der Waals surface area contributed by atoms with Gasteiger partial charge in [-0.25, -0.2) is 0 Å². The van der Waals surface area contributed by atoms with E-state index in [1.54, 1.807) is 43.5 Å². The number of hydrogen-bond acceptors (Lipinski definition) is 5. The van der Waals surface area contributed by atoms with Crippen molar-refractivity contribution >= 4 is 17.3 Å². The monoisotopic (exact) mass is 301 g/mol. The molecule has 0 aliphatic rings. The molecule has 1 aromatic carbocycles. The fourth-order valence-corrected chi connectivity index (χ4v) is 1.79. The van der Waals surface area contributed by atoms with E-state index in [1.807, 2.05) is 0 Å². The van der Waals surface area contributed by atoms with E-state index in [1.165, 1.54) is 6.20 Å². The Morgan fingerprint density at radius 3 is 2.59 bits per heavy atom. The maximum absolute atomic E-state index is 11.9. The lowest BCUT2D eigenvalue weighted by Gasteiger charge is -2.08. The lowest BCUT2D eigenvalue weighted by molar-refractivity contribution is -0.115. The van der Waals surface area contributed by atoms with Crippen molar-refractivity contribution < 1.29 is 14.3 Å². The number of anilines is 2. The lowest BCUT2D eigenvalue weighted by Crippen LogP contribution is -2.15. The number of nitrogens with zero attached hydrogens (tertiary/aromatic N) is 1. The molecule has 0 radical (unpaired) electrons. The molecule has 0 saturated carbocycles. The second-order valence-electron chi connectivity index (χ2n) is 4.67.